The molecule has 1 heterocycles. The van der Waals surface area contributed by atoms with Gasteiger partial charge in [-0.1, -0.05) is 16.8 Å². The van der Waals surface area contributed by atoms with Crippen LogP contribution in [0.1, 0.15) is 17.4 Å². The van der Waals surface area contributed by atoms with E-state index in [1.54, 1.807) is 31.2 Å². The Kier molecular flexibility index (Phi) is 5.71. The molecule has 0 bridgehead atoms. The van der Waals surface area contributed by atoms with E-state index in [1.165, 1.54) is 12.1 Å². The van der Waals surface area contributed by atoms with Crippen LogP contribution in [0.15, 0.2) is 53.1 Å². The van der Waals surface area contributed by atoms with Gasteiger partial charge in [-0.2, -0.15) is 0 Å². The van der Waals surface area contributed by atoms with Crippen molar-refractivity contribution < 1.29 is 22.8 Å². The van der Waals surface area contributed by atoms with Crippen molar-refractivity contribution in [1.82, 2.24) is 10.5 Å². The van der Waals surface area contributed by atoms with Crippen LogP contribution < -0.4 is 10.1 Å². The van der Waals surface area contributed by atoms with E-state index in [9.17, 15) is 13.6 Å². The molecule has 1 amide bonds. The van der Waals surface area contributed by atoms with Gasteiger partial charge < -0.3 is 14.6 Å². The third-order valence-corrected chi connectivity index (χ3v) is 3.90. The number of nitrogens with zero attached hydrogens (tertiary/aromatic N) is 1. The van der Waals surface area contributed by atoms with Crippen molar-refractivity contribution in [1.29, 1.82) is 0 Å². The van der Waals surface area contributed by atoms with Crippen molar-refractivity contribution in [2.75, 3.05) is 6.54 Å². The minimum atomic E-state index is -1.01. The lowest BCUT2D eigenvalue weighted by atomic mass is 10.1. The fraction of sp³-hybridized carbons (Fsp3) is 0.158. The minimum absolute atomic E-state index is 0.0217. The van der Waals surface area contributed by atoms with Gasteiger partial charge >= 0.3 is 0 Å². The average Bonchev–Trinajstić information content (AvgIpc) is 3.14. The molecular formula is C19H15ClF2N2O3. The molecule has 0 saturated heterocycles. The lowest BCUT2D eigenvalue weighted by Crippen LogP contribution is -2.33. The van der Waals surface area contributed by atoms with Gasteiger partial charge in [-0.3, -0.25) is 4.79 Å². The van der Waals surface area contributed by atoms with Crippen LogP contribution in [0.2, 0.25) is 5.02 Å². The number of rotatable bonds is 6. The summed E-state index contributed by atoms with van der Waals surface area (Å²) in [5.74, 6) is -1.67. The second kappa shape index (κ2) is 8.18. The number of hydrogen-bond donors (Lipinski definition) is 1. The van der Waals surface area contributed by atoms with Gasteiger partial charge in [0, 0.05) is 16.7 Å². The van der Waals surface area contributed by atoms with Crippen molar-refractivity contribution in [3.05, 3.63) is 70.9 Å². The molecule has 5 nitrogen and oxygen atoms in total. The quantitative estimate of drug-likeness (QED) is 0.672. The predicted octanol–water partition coefficient (Wildman–Crippen LogP) is 4.47. The Morgan fingerprint density at radius 3 is 2.63 bits per heavy atom. The van der Waals surface area contributed by atoms with Gasteiger partial charge in [-0.05, 0) is 49.4 Å². The second-order valence-corrected chi connectivity index (χ2v) is 6.23. The fourth-order valence-corrected chi connectivity index (χ4v) is 2.41. The van der Waals surface area contributed by atoms with Crippen molar-refractivity contribution >= 4 is 17.5 Å². The first-order chi connectivity index (χ1) is 12.9. The van der Waals surface area contributed by atoms with Gasteiger partial charge in [0.15, 0.2) is 23.1 Å². The summed E-state index contributed by atoms with van der Waals surface area (Å²) in [4.78, 5) is 12.2. The summed E-state index contributed by atoms with van der Waals surface area (Å²) in [6.07, 6.45) is -0.298. The average molecular weight is 393 g/mol. The van der Waals surface area contributed by atoms with Crippen molar-refractivity contribution in [2.24, 2.45) is 0 Å². The fourth-order valence-electron chi connectivity index (χ4n) is 2.28. The standard InChI is InChI=1S/C19H15ClF2N2O3/c1-11(26-14-5-3-13(20)4-6-14)10-23-19(25)17-9-18(27-24-17)12-2-7-15(21)16(22)8-12/h2-9,11H,10H2,1H3,(H,23,25)/t11-/m1/s1. The first kappa shape index (κ1) is 18.8. The molecule has 0 fully saturated rings. The third kappa shape index (κ3) is 4.83. The molecule has 0 saturated carbocycles. The van der Waals surface area contributed by atoms with E-state index in [2.05, 4.69) is 10.5 Å². The van der Waals surface area contributed by atoms with E-state index in [4.69, 9.17) is 20.9 Å². The Morgan fingerprint density at radius 1 is 1.19 bits per heavy atom. The van der Waals surface area contributed by atoms with Gasteiger partial charge in [0.25, 0.3) is 5.91 Å². The summed E-state index contributed by atoms with van der Waals surface area (Å²) < 4.78 is 37.0. The van der Waals surface area contributed by atoms with Gasteiger partial charge in [0.2, 0.25) is 0 Å². The zero-order valence-corrected chi connectivity index (χ0v) is 15.0. The normalized spacial score (nSPS) is 11.9. The van der Waals surface area contributed by atoms with Gasteiger partial charge in [0.05, 0.1) is 6.54 Å². The highest BCUT2D eigenvalue weighted by Gasteiger charge is 2.16. The van der Waals surface area contributed by atoms with Crippen LogP contribution in [0.25, 0.3) is 11.3 Å². The number of carbonyl (C=O) groups is 1. The first-order valence-electron chi connectivity index (χ1n) is 8.05. The summed E-state index contributed by atoms with van der Waals surface area (Å²) in [7, 11) is 0. The lowest BCUT2D eigenvalue weighted by Gasteiger charge is -2.15. The van der Waals surface area contributed by atoms with Crippen LogP contribution in [-0.4, -0.2) is 23.7 Å². The summed E-state index contributed by atoms with van der Waals surface area (Å²) in [6.45, 7) is 2.03. The lowest BCUT2D eigenvalue weighted by molar-refractivity contribution is 0.0923. The summed E-state index contributed by atoms with van der Waals surface area (Å²) in [5.41, 5.74) is 0.299. The zero-order chi connectivity index (χ0) is 19.4. The number of halogens is 3. The SMILES string of the molecule is C[C@H](CNC(=O)c1cc(-c2ccc(F)c(F)c2)on1)Oc1ccc(Cl)cc1. The van der Waals surface area contributed by atoms with E-state index in [1.807, 2.05) is 0 Å². The van der Waals surface area contributed by atoms with E-state index < -0.39 is 17.5 Å². The summed E-state index contributed by atoms with van der Waals surface area (Å²) >= 11 is 5.81. The topological polar surface area (TPSA) is 64.4 Å². The van der Waals surface area contributed by atoms with Crippen molar-refractivity contribution in [3.8, 4) is 17.1 Å². The molecule has 1 N–H and O–H groups in total. The number of benzene rings is 2. The maximum atomic E-state index is 13.3. The van der Waals surface area contributed by atoms with Gasteiger partial charge in [0.1, 0.15) is 11.9 Å². The van der Waals surface area contributed by atoms with Gasteiger partial charge in [-0.15, -0.1) is 0 Å². The molecule has 0 aliphatic carbocycles. The summed E-state index contributed by atoms with van der Waals surface area (Å²) in [5, 5.41) is 6.93. The molecule has 0 aliphatic rings. The van der Waals surface area contributed by atoms with Crippen LogP contribution in [0.5, 0.6) is 5.75 Å². The zero-order valence-electron chi connectivity index (χ0n) is 14.2. The molecule has 2 aromatic carbocycles. The molecule has 1 atom stereocenters. The Morgan fingerprint density at radius 2 is 1.93 bits per heavy atom. The molecule has 1 aromatic heterocycles. The minimum Gasteiger partial charge on any atom is -0.489 e. The molecule has 27 heavy (non-hydrogen) atoms. The number of aromatic nitrogens is 1. The molecule has 0 spiro atoms. The highest BCUT2D eigenvalue weighted by atomic mass is 35.5. The molecule has 8 heteroatoms. The van der Waals surface area contributed by atoms with Crippen molar-refractivity contribution in [3.63, 3.8) is 0 Å². The Labute approximate surface area is 158 Å². The van der Waals surface area contributed by atoms with Crippen LogP contribution in [0, 0.1) is 11.6 Å². The molecule has 0 radical (unpaired) electrons. The molecule has 3 rings (SSSR count). The Hall–Kier alpha value is -2.93. The van der Waals surface area contributed by atoms with Crippen LogP contribution in [0.4, 0.5) is 8.78 Å². The predicted molar refractivity (Wildman–Crippen MR) is 95.7 cm³/mol. The molecule has 0 aliphatic heterocycles. The number of hydrogen-bond acceptors (Lipinski definition) is 4. The smallest absolute Gasteiger partial charge is 0.273 e. The molecule has 140 valence electrons. The van der Waals surface area contributed by atoms with E-state index in [0.29, 0.717) is 10.8 Å². The highest BCUT2D eigenvalue weighted by Crippen LogP contribution is 2.22. The molecule has 0 unspecified atom stereocenters. The Bertz CT molecular complexity index is 944. The van der Waals surface area contributed by atoms with Crippen LogP contribution in [0.3, 0.4) is 0 Å². The molecular weight excluding hydrogens is 378 g/mol. The number of carbonyl (C=O) groups excluding carboxylic acids is 1. The van der Waals surface area contributed by atoms with Gasteiger partial charge in [-0.25, -0.2) is 8.78 Å². The Balaban J connectivity index is 1.57. The summed E-state index contributed by atoms with van der Waals surface area (Å²) in [6, 6.07) is 11.5. The monoisotopic (exact) mass is 392 g/mol. The number of ether oxygens (including phenoxy) is 1. The second-order valence-electron chi connectivity index (χ2n) is 5.80. The largest absolute Gasteiger partial charge is 0.489 e. The van der Waals surface area contributed by atoms with E-state index in [0.717, 1.165) is 12.1 Å². The van der Waals surface area contributed by atoms with E-state index in [-0.39, 0.29) is 29.7 Å². The number of amides is 1. The van der Waals surface area contributed by atoms with E-state index >= 15 is 0 Å². The first-order valence-corrected chi connectivity index (χ1v) is 8.43. The highest BCUT2D eigenvalue weighted by molar-refractivity contribution is 6.30. The number of nitrogens with one attached hydrogen (secondary N) is 1. The van der Waals surface area contributed by atoms with Crippen LogP contribution >= 0.6 is 11.6 Å². The maximum absolute atomic E-state index is 13.3. The maximum Gasteiger partial charge on any atom is 0.273 e. The molecule has 3 aromatic rings. The third-order valence-electron chi connectivity index (χ3n) is 3.65. The van der Waals surface area contributed by atoms with Crippen LogP contribution in [-0.2, 0) is 0 Å². The van der Waals surface area contributed by atoms with Crippen molar-refractivity contribution in [2.45, 2.75) is 13.0 Å².